The van der Waals surface area contributed by atoms with E-state index in [2.05, 4.69) is 16.9 Å². The van der Waals surface area contributed by atoms with Crippen LogP contribution in [0.25, 0.3) is 32.2 Å². The predicted molar refractivity (Wildman–Crippen MR) is 134 cm³/mol. The van der Waals surface area contributed by atoms with Gasteiger partial charge >= 0.3 is 0 Å². The fourth-order valence-electron chi connectivity index (χ4n) is 5.34. The molecule has 186 valence electrons. The first-order valence-electron chi connectivity index (χ1n) is 11.5. The van der Waals surface area contributed by atoms with Crippen LogP contribution in [-0.2, 0) is 11.3 Å². The molecule has 0 aliphatic carbocycles. The zero-order chi connectivity index (χ0) is 26.0. The smallest absolute Gasteiger partial charge is 0.256 e. The number of anilines is 1. The summed E-state index contributed by atoms with van der Waals surface area (Å²) in [7, 11) is 0. The van der Waals surface area contributed by atoms with Gasteiger partial charge in [-0.3, -0.25) is 9.59 Å². The van der Waals surface area contributed by atoms with Gasteiger partial charge < -0.3 is 15.5 Å². The minimum absolute atomic E-state index is 0.0237. The number of carbonyl (C=O) groups is 2. The van der Waals surface area contributed by atoms with E-state index in [0.29, 0.717) is 38.1 Å². The number of rotatable bonds is 2. The third-order valence-corrected chi connectivity index (χ3v) is 8.10. The van der Waals surface area contributed by atoms with Crippen LogP contribution >= 0.6 is 11.3 Å². The van der Waals surface area contributed by atoms with Gasteiger partial charge in [0.15, 0.2) is 0 Å². The van der Waals surface area contributed by atoms with Gasteiger partial charge in [-0.1, -0.05) is 17.9 Å². The second-order valence-electron chi connectivity index (χ2n) is 8.97. The van der Waals surface area contributed by atoms with Crippen molar-refractivity contribution < 1.29 is 18.4 Å². The molecule has 9 nitrogen and oxygen atoms in total. The second-order valence-corrected chi connectivity index (χ2v) is 10.0. The number of hydrogen-bond acceptors (Lipinski definition) is 7. The SMILES string of the molecule is C=CC(=O)N1CCN2C(=O)c3cc(F)c(-c4ccc(F)c5sc(N)c(C#N)c45)c4nnn(c34)CCC2C1. The van der Waals surface area contributed by atoms with E-state index in [-0.39, 0.29) is 60.7 Å². The van der Waals surface area contributed by atoms with Crippen molar-refractivity contribution in [3.05, 3.63) is 53.6 Å². The molecule has 2 aromatic carbocycles. The largest absolute Gasteiger partial charge is 0.389 e. The number of halogens is 2. The van der Waals surface area contributed by atoms with Gasteiger partial charge in [0, 0.05) is 37.1 Å². The number of nitrogen functional groups attached to an aromatic ring is 1. The van der Waals surface area contributed by atoms with Gasteiger partial charge in [0.25, 0.3) is 5.91 Å². The summed E-state index contributed by atoms with van der Waals surface area (Å²) in [6.45, 7) is 4.90. The summed E-state index contributed by atoms with van der Waals surface area (Å²) in [5.74, 6) is -1.90. The number of nitrogens with zero attached hydrogens (tertiary/aromatic N) is 6. The molecule has 0 radical (unpaired) electrons. The Bertz CT molecular complexity index is 1700. The molecule has 0 spiro atoms. The summed E-state index contributed by atoms with van der Waals surface area (Å²) in [6.07, 6.45) is 1.76. The molecule has 2 amide bonds. The van der Waals surface area contributed by atoms with Crippen molar-refractivity contribution in [3.8, 4) is 17.2 Å². The normalized spacial score (nSPS) is 17.4. The molecule has 1 saturated heterocycles. The van der Waals surface area contributed by atoms with Crippen molar-refractivity contribution in [1.29, 1.82) is 5.26 Å². The first-order chi connectivity index (χ1) is 17.8. The van der Waals surface area contributed by atoms with E-state index in [1.165, 1.54) is 18.2 Å². The lowest BCUT2D eigenvalue weighted by molar-refractivity contribution is -0.128. The summed E-state index contributed by atoms with van der Waals surface area (Å²) in [4.78, 5) is 29.1. The Hall–Kier alpha value is -4.37. The number of amides is 2. The Morgan fingerprint density at radius 2 is 2.05 bits per heavy atom. The van der Waals surface area contributed by atoms with Gasteiger partial charge in [-0.2, -0.15) is 5.26 Å². The number of aryl methyl sites for hydroxylation is 1. The van der Waals surface area contributed by atoms with Gasteiger partial charge in [0.1, 0.15) is 33.7 Å². The number of aromatic nitrogens is 3. The third kappa shape index (κ3) is 3.31. The first kappa shape index (κ1) is 23.1. The van der Waals surface area contributed by atoms with Crippen molar-refractivity contribution in [3.63, 3.8) is 0 Å². The Balaban J connectivity index is 1.54. The fraction of sp³-hybridized carbons (Fsp3) is 0.240. The number of nitriles is 1. The lowest BCUT2D eigenvalue weighted by Crippen LogP contribution is -2.57. The van der Waals surface area contributed by atoms with E-state index in [0.717, 1.165) is 17.4 Å². The molecule has 6 rings (SSSR count). The molecule has 4 heterocycles. The maximum atomic E-state index is 15.9. The van der Waals surface area contributed by atoms with Crippen molar-refractivity contribution in [2.45, 2.75) is 19.0 Å². The standard InChI is InChI=1S/C25H19F2N7O2S/c1-2-18(35)32-7-8-33-12(11-32)5-6-34-22-14(25(33)36)9-17(27)20(21(22)30-31-34)13-3-4-16(26)23-19(13)15(10-28)24(29)37-23/h2-4,9,12H,1,5-8,11,29H2. The summed E-state index contributed by atoms with van der Waals surface area (Å²) in [5, 5.41) is 18.5. The number of thiophene rings is 1. The average molecular weight is 520 g/mol. The van der Waals surface area contributed by atoms with Crippen LogP contribution in [-0.4, -0.2) is 62.3 Å². The molecular weight excluding hydrogens is 500 g/mol. The molecule has 12 heteroatoms. The second kappa shape index (κ2) is 8.35. The Morgan fingerprint density at radius 1 is 1.24 bits per heavy atom. The van der Waals surface area contributed by atoms with Crippen LogP contribution in [0.5, 0.6) is 0 Å². The highest BCUT2D eigenvalue weighted by molar-refractivity contribution is 7.23. The number of benzene rings is 2. The Labute approximate surface area is 213 Å². The van der Waals surface area contributed by atoms with Crippen LogP contribution in [0.2, 0.25) is 0 Å². The maximum absolute atomic E-state index is 15.9. The zero-order valence-corrected chi connectivity index (χ0v) is 20.2. The van der Waals surface area contributed by atoms with E-state index >= 15 is 4.39 Å². The van der Waals surface area contributed by atoms with Gasteiger partial charge in [-0.25, -0.2) is 13.5 Å². The van der Waals surface area contributed by atoms with Gasteiger partial charge in [0.2, 0.25) is 5.91 Å². The van der Waals surface area contributed by atoms with Crippen LogP contribution in [0, 0.1) is 23.0 Å². The summed E-state index contributed by atoms with van der Waals surface area (Å²) < 4.78 is 32.2. The number of fused-ring (bicyclic) bond motifs is 2. The highest BCUT2D eigenvalue weighted by atomic mass is 32.1. The average Bonchev–Trinajstić information content (AvgIpc) is 3.47. The van der Waals surface area contributed by atoms with Crippen LogP contribution in [0.3, 0.4) is 0 Å². The van der Waals surface area contributed by atoms with E-state index in [1.807, 2.05) is 6.07 Å². The molecule has 1 unspecified atom stereocenters. The number of piperazine rings is 1. The molecule has 2 aromatic heterocycles. The van der Waals surface area contributed by atoms with Crippen LogP contribution in [0.4, 0.5) is 13.8 Å². The van der Waals surface area contributed by atoms with Crippen molar-refractivity contribution >= 4 is 49.3 Å². The van der Waals surface area contributed by atoms with Gasteiger partial charge in [-0.05, 0) is 30.2 Å². The van der Waals surface area contributed by atoms with Crippen molar-refractivity contribution in [1.82, 2.24) is 24.8 Å². The molecule has 37 heavy (non-hydrogen) atoms. The van der Waals surface area contributed by atoms with E-state index in [9.17, 15) is 19.2 Å². The highest BCUT2D eigenvalue weighted by Gasteiger charge is 2.36. The molecule has 2 N–H and O–H groups in total. The molecule has 2 aliphatic heterocycles. The third-order valence-electron chi connectivity index (χ3n) is 7.07. The quantitative estimate of drug-likeness (QED) is 0.406. The molecule has 0 saturated carbocycles. The van der Waals surface area contributed by atoms with Crippen molar-refractivity contribution in [2.24, 2.45) is 0 Å². The first-order valence-corrected chi connectivity index (χ1v) is 12.3. The Morgan fingerprint density at radius 3 is 2.81 bits per heavy atom. The summed E-state index contributed by atoms with van der Waals surface area (Å²) >= 11 is 0.918. The zero-order valence-electron chi connectivity index (χ0n) is 19.4. The topological polar surface area (TPSA) is 121 Å². The van der Waals surface area contributed by atoms with Crippen LogP contribution in [0.15, 0.2) is 30.9 Å². The molecular formula is C25H19F2N7O2S. The predicted octanol–water partition coefficient (Wildman–Crippen LogP) is 3.29. The fourth-order valence-corrected chi connectivity index (χ4v) is 6.29. The van der Waals surface area contributed by atoms with Gasteiger partial charge in [-0.15, -0.1) is 16.4 Å². The minimum Gasteiger partial charge on any atom is -0.389 e. The van der Waals surface area contributed by atoms with Crippen molar-refractivity contribution in [2.75, 3.05) is 25.4 Å². The highest BCUT2D eigenvalue weighted by Crippen LogP contribution is 2.44. The monoisotopic (exact) mass is 519 g/mol. The number of hydrogen-bond donors (Lipinski definition) is 1. The lowest BCUT2D eigenvalue weighted by atomic mass is 9.94. The molecule has 2 aliphatic rings. The van der Waals surface area contributed by atoms with Crippen LogP contribution < -0.4 is 5.73 Å². The van der Waals surface area contributed by atoms with E-state index in [4.69, 9.17) is 5.73 Å². The molecule has 0 bridgehead atoms. The van der Waals surface area contributed by atoms with E-state index in [1.54, 1.807) is 14.5 Å². The lowest BCUT2D eigenvalue weighted by Gasteiger charge is -2.42. The maximum Gasteiger partial charge on any atom is 0.256 e. The van der Waals surface area contributed by atoms with Crippen LogP contribution in [0.1, 0.15) is 22.3 Å². The van der Waals surface area contributed by atoms with E-state index < -0.39 is 11.6 Å². The Kier molecular flexibility index (Phi) is 5.20. The molecule has 4 aromatic rings. The molecule has 1 atom stereocenters. The molecule has 1 fully saturated rings. The summed E-state index contributed by atoms with van der Waals surface area (Å²) in [5.41, 5.74) is 6.92. The van der Waals surface area contributed by atoms with Gasteiger partial charge in [0.05, 0.1) is 21.9 Å². The minimum atomic E-state index is -0.748. The number of carbonyl (C=O) groups excluding carboxylic acids is 2. The summed E-state index contributed by atoms with van der Waals surface area (Å²) in [6, 6.07) is 5.46. The number of nitrogens with two attached hydrogens (primary N) is 1.